The fourth-order valence-electron chi connectivity index (χ4n) is 2.95. The minimum Gasteiger partial charge on any atom is -0.494 e. The van der Waals surface area contributed by atoms with Crippen LogP contribution < -0.4 is 21.1 Å². The zero-order valence-corrected chi connectivity index (χ0v) is 19.1. The van der Waals surface area contributed by atoms with Gasteiger partial charge in [-0.3, -0.25) is 14.2 Å². The predicted molar refractivity (Wildman–Crippen MR) is 125 cm³/mol. The minimum atomic E-state index is -0.669. The number of nitrogens with zero attached hydrogens (tertiary/aromatic N) is 7. The molecule has 4 rings (SSSR count). The van der Waals surface area contributed by atoms with E-state index in [-0.39, 0.29) is 17.3 Å². The first-order valence-corrected chi connectivity index (χ1v) is 10.2. The van der Waals surface area contributed by atoms with Crippen molar-refractivity contribution < 1.29 is 9.53 Å². The van der Waals surface area contributed by atoms with Gasteiger partial charge >= 0.3 is 0 Å². The van der Waals surface area contributed by atoms with Gasteiger partial charge in [0.1, 0.15) is 17.7 Å². The summed E-state index contributed by atoms with van der Waals surface area (Å²) >= 11 is 0. The van der Waals surface area contributed by atoms with Gasteiger partial charge in [-0.05, 0) is 12.1 Å². The van der Waals surface area contributed by atoms with Crippen molar-refractivity contribution >= 4 is 29.0 Å². The van der Waals surface area contributed by atoms with Gasteiger partial charge in [0, 0.05) is 26.5 Å². The Balaban J connectivity index is 0.00000149. The van der Waals surface area contributed by atoms with Crippen molar-refractivity contribution in [3.05, 3.63) is 48.7 Å². The normalized spacial score (nSPS) is 10.2. The van der Waals surface area contributed by atoms with E-state index in [2.05, 4.69) is 35.8 Å². The van der Waals surface area contributed by atoms with Crippen LogP contribution in [0.4, 0.5) is 23.1 Å². The SMILES string of the molecule is CC.COc1c(Nc2nc(Nc3cnn(C)c3)ncc2C(N)=O)cccc1-c1ncn(C)n1. The molecule has 0 fully saturated rings. The standard InChI is InChI=1S/C19H20N10O2.C2H6/c1-28-9-11(7-23-28)24-19-21-8-13(16(20)30)18(26-19)25-14-6-4-5-12(15(14)31-3)17-22-10-29(2)27-17;1-2/h4-10H,1-3H3,(H2,20,30)(H2,21,24,25,26);1-2H3. The first-order valence-electron chi connectivity index (χ1n) is 10.2. The molecule has 0 unspecified atom stereocenters. The number of nitrogens with one attached hydrogen (secondary N) is 2. The molecule has 1 amide bonds. The number of primary amides is 1. The molecule has 1 aromatic carbocycles. The van der Waals surface area contributed by atoms with Crippen molar-refractivity contribution in [2.24, 2.45) is 19.8 Å². The van der Waals surface area contributed by atoms with E-state index < -0.39 is 5.91 Å². The number of hydrogen-bond acceptors (Lipinski definition) is 9. The highest BCUT2D eigenvalue weighted by molar-refractivity contribution is 5.98. The molecule has 0 aliphatic carbocycles. The Morgan fingerprint density at radius 2 is 1.88 bits per heavy atom. The second-order valence-corrected chi connectivity index (χ2v) is 6.60. The molecule has 172 valence electrons. The van der Waals surface area contributed by atoms with E-state index in [0.717, 1.165) is 0 Å². The number of para-hydroxylation sites is 1. The third-order valence-corrected chi connectivity index (χ3v) is 4.33. The number of nitrogens with two attached hydrogens (primary N) is 1. The molecule has 0 bridgehead atoms. The summed E-state index contributed by atoms with van der Waals surface area (Å²) in [5.74, 6) is 0.807. The number of benzene rings is 1. The van der Waals surface area contributed by atoms with E-state index in [1.54, 1.807) is 48.2 Å². The molecule has 0 spiro atoms. The highest BCUT2D eigenvalue weighted by atomic mass is 16.5. The summed E-state index contributed by atoms with van der Waals surface area (Å²) in [4.78, 5) is 24.8. The van der Waals surface area contributed by atoms with Gasteiger partial charge in [0.25, 0.3) is 5.91 Å². The Labute approximate surface area is 190 Å². The second kappa shape index (κ2) is 10.2. The molecular formula is C21H26N10O2. The van der Waals surface area contributed by atoms with Gasteiger partial charge in [0.05, 0.1) is 30.2 Å². The lowest BCUT2D eigenvalue weighted by molar-refractivity contribution is 0.100. The average molecular weight is 451 g/mol. The summed E-state index contributed by atoms with van der Waals surface area (Å²) < 4.78 is 8.84. The highest BCUT2D eigenvalue weighted by Gasteiger charge is 2.18. The van der Waals surface area contributed by atoms with E-state index in [1.165, 1.54) is 13.3 Å². The topological polar surface area (TPSA) is 151 Å². The van der Waals surface area contributed by atoms with Gasteiger partial charge in [-0.15, -0.1) is 0 Å². The average Bonchev–Trinajstić information content (AvgIpc) is 3.42. The number of aryl methyl sites for hydroxylation is 2. The fraction of sp³-hybridized carbons (Fsp3) is 0.238. The first kappa shape index (κ1) is 23.2. The van der Waals surface area contributed by atoms with Gasteiger partial charge in [-0.25, -0.2) is 9.97 Å². The van der Waals surface area contributed by atoms with Crippen LogP contribution in [-0.4, -0.2) is 47.5 Å². The molecule has 0 aliphatic rings. The lowest BCUT2D eigenvalue weighted by Gasteiger charge is -2.15. The molecule has 0 saturated heterocycles. The Kier molecular flexibility index (Phi) is 7.18. The zero-order valence-electron chi connectivity index (χ0n) is 19.1. The molecule has 0 atom stereocenters. The largest absolute Gasteiger partial charge is 0.494 e. The summed E-state index contributed by atoms with van der Waals surface area (Å²) in [6.07, 6.45) is 6.35. The molecule has 4 aromatic rings. The third kappa shape index (κ3) is 5.23. The number of anilines is 4. The van der Waals surface area contributed by atoms with Crippen LogP contribution in [0.15, 0.2) is 43.1 Å². The first-order chi connectivity index (χ1) is 15.9. The number of methoxy groups -OCH3 is 1. The van der Waals surface area contributed by atoms with Crippen molar-refractivity contribution in [1.82, 2.24) is 34.5 Å². The third-order valence-electron chi connectivity index (χ3n) is 4.33. The number of carbonyl (C=O) groups excluding carboxylic acids is 1. The molecule has 4 N–H and O–H groups in total. The Morgan fingerprint density at radius 1 is 1.09 bits per heavy atom. The Morgan fingerprint density at radius 3 is 2.48 bits per heavy atom. The van der Waals surface area contributed by atoms with Crippen LogP contribution in [0.2, 0.25) is 0 Å². The van der Waals surface area contributed by atoms with Crippen LogP contribution in [-0.2, 0) is 14.1 Å². The van der Waals surface area contributed by atoms with Crippen LogP contribution in [0, 0.1) is 0 Å². The maximum absolute atomic E-state index is 11.9. The second-order valence-electron chi connectivity index (χ2n) is 6.60. The van der Waals surface area contributed by atoms with Gasteiger partial charge < -0.3 is 21.1 Å². The van der Waals surface area contributed by atoms with Crippen molar-refractivity contribution in [2.75, 3.05) is 17.7 Å². The molecule has 3 heterocycles. The van der Waals surface area contributed by atoms with Crippen molar-refractivity contribution in [3.8, 4) is 17.1 Å². The van der Waals surface area contributed by atoms with E-state index in [9.17, 15) is 4.79 Å². The summed E-state index contributed by atoms with van der Waals surface area (Å²) in [7, 11) is 5.12. The van der Waals surface area contributed by atoms with Crippen LogP contribution in [0.5, 0.6) is 5.75 Å². The quantitative estimate of drug-likeness (QED) is 0.386. The number of aromatic nitrogens is 7. The Hall–Kier alpha value is -4.48. The van der Waals surface area contributed by atoms with Crippen molar-refractivity contribution in [2.45, 2.75) is 13.8 Å². The highest BCUT2D eigenvalue weighted by Crippen LogP contribution is 2.36. The molecule has 33 heavy (non-hydrogen) atoms. The summed E-state index contributed by atoms with van der Waals surface area (Å²) in [6.45, 7) is 4.00. The van der Waals surface area contributed by atoms with Crippen LogP contribution in [0.25, 0.3) is 11.4 Å². The minimum absolute atomic E-state index is 0.125. The monoisotopic (exact) mass is 450 g/mol. The number of hydrogen-bond donors (Lipinski definition) is 3. The van der Waals surface area contributed by atoms with Crippen LogP contribution in [0.1, 0.15) is 24.2 Å². The Bertz CT molecular complexity index is 1250. The predicted octanol–water partition coefficient (Wildman–Crippen LogP) is 2.63. The molecule has 12 nitrogen and oxygen atoms in total. The van der Waals surface area contributed by atoms with Gasteiger partial charge in [-0.1, -0.05) is 19.9 Å². The summed E-state index contributed by atoms with van der Waals surface area (Å²) in [5.41, 5.74) is 7.58. The summed E-state index contributed by atoms with van der Waals surface area (Å²) in [6, 6.07) is 5.44. The molecule has 0 aliphatic heterocycles. The van der Waals surface area contributed by atoms with Crippen molar-refractivity contribution in [3.63, 3.8) is 0 Å². The number of carbonyl (C=O) groups is 1. The number of rotatable bonds is 7. The fourth-order valence-corrected chi connectivity index (χ4v) is 2.95. The maximum Gasteiger partial charge on any atom is 0.254 e. The zero-order chi connectivity index (χ0) is 24.0. The lowest BCUT2D eigenvalue weighted by Crippen LogP contribution is -2.16. The number of ether oxygens (including phenoxy) is 1. The van der Waals surface area contributed by atoms with E-state index in [1.807, 2.05) is 26.0 Å². The van der Waals surface area contributed by atoms with E-state index in [4.69, 9.17) is 10.5 Å². The van der Waals surface area contributed by atoms with Crippen LogP contribution >= 0.6 is 0 Å². The maximum atomic E-state index is 11.9. The van der Waals surface area contributed by atoms with Crippen molar-refractivity contribution in [1.29, 1.82) is 0 Å². The van der Waals surface area contributed by atoms with Gasteiger partial charge in [0.2, 0.25) is 5.95 Å². The smallest absolute Gasteiger partial charge is 0.254 e. The molecule has 0 radical (unpaired) electrons. The molecule has 0 saturated carbocycles. The molecule has 12 heteroatoms. The number of amides is 1. The molecular weight excluding hydrogens is 424 g/mol. The van der Waals surface area contributed by atoms with E-state index >= 15 is 0 Å². The van der Waals surface area contributed by atoms with Gasteiger partial charge in [-0.2, -0.15) is 15.2 Å². The lowest BCUT2D eigenvalue weighted by atomic mass is 10.1. The summed E-state index contributed by atoms with van der Waals surface area (Å²) in [5, 5.41) is 14.6. The molecule has 3 aromatic heterocycles. The van der Waals surface area contributed by atoms with Gasteiger partial charge in [0.15, 0.2) is 11.6 Å². The van der Waals surface area contributed by atoms with Crippen LogP contribution in [0.3, 0.4) is 0 Å². The van der Waals surface area contributed by atoms with E-state index in [0.29, 0.717) is 28.5 Å².